The lowest BCUT2D eigenvalue weighted by Crippen LogP contribution is -2.43. The number of carbonyl (C=O) groups excluding carboxylic acids is 2. The number of nitrogens with one attached hydrogen (secondary N) is 2. The molecule has 220 valence electrons. The van der Waals surface area contributed by atoms with Crippen molar-refractivity contribution >= 4 is 52.5 Å². The van der Waals surface area contributed by atoms with Gasteiger partial charge in [-0.25, -0.2) is 0 Å². The molecule has 1 unspecified atom stereocenters. The molecular weight excluding hydrogens is 581 g/mol. The lowest BCUT2D eigenvalue weighted by atomic mass is 9.91. The summed E-state index contributed by atoms with van der Waals surface area (Å²) in [5, 5.41) is 29.3. The molecule has 0 aliphatic carbocycles. The average Bonchev–Trinajstić information content (AvgIpc) is 3.22. The molecule has 0 saturated carbocycles. The van der Waals surface area contributed by atoms with Crippen molar-refractivity contribution in [1.29, 1.82) is 5.41 Å². The van der Waals surface area contributed by atoms with Gasteiger partial charge in [0.25, 0.3) is 11.1 Å². The van der Waals surface area contributed by atoms with Gasteiger partial charge in [-0.15, -0.1) is 0 Å². The zero-order valence-electron chi connectivity index (χ0n) is 22.0. The highest BCUT2D eigenvalue weighted by atomic mass is 35.5. The number of piperidine rings is 1. The molecule has 0 spiro atoms. The average molecular weight is 611 g/mol. The van der Waals surface area contributed by atoms with Gasteiger partial charge in [0.1, 0.15) is 0 Å². The van der Waals surface area contributed by atoms with Gasteiger partial charge in [-0.2, -0.15) is 13.2 Å². The summed E-state index contributed by atoms with van der Waals surface area (Å²) in [6.45, 7) is 1.74. The Hall–Kier alpha value is -2.90. The molecule has 41 heavy (non-hydrogen) atoms. The Balaban J connectivity index is 1.39. The first-order valence-corrected chi connectivity index (χ1v) is 14.2. The van der Waals surface area contributed by atoms with E-state index in [0.717, 1.165) is 36.9 Å². The summed E-state index contributed by atoms with van der Waals surface area (Å²) in [4.78, 5) is 29.1. The highest BCUT2D eigenvalue weighted by Crippen LogP contribution is 2.35. The standard InChI is InChI=1S/C28H30ClF3N4O4S/c29-21-3-2-19(22(13-21)28(30,31)32)15-34-23-4-1-17(11-20(23)14-33)12-25-26(39)36(27(40)41-25)10-9-35-7-5-18(6-8-35)24(38)16-37/h1-4,11-14,18,24,33-34,37-38H,5-10,15-16H2/b25-12-,33-14?. The number of thioether (sulfide) groups is 1. The molecule has 0 aromatic heterocycles. The summed E-state index contributed by atoms with van der Waals surface area (Å²) in [6, 6.07) is 8.43. The number of aliphatic hydroxyl groups is 2. The van der Waals surface area contributed by atoms with Crippen LogP contribution in [0.15, 0.2) is 41.3 Å². The van der Waals surface area contributed by atoms with E-state index in [-0.39, 0.29) is 46.3 Å². The van der Waals surface area contributed by atoms with Crippen LogP contribution in [0.3, 0.4) is 0 Å². The molecule has 8 nitrogen and oxygen atoms in total. The molecular formula is C28H30ClF3N4O4S. The van der Waals surface area contributed by atoms with Gasteiger partial charge in [-0.05, 0) is 85.1 Å². The van der Waals surface area contributed by atoms with E-state index in [1.807, 2.05) is 0 Å². The largest absolute Gasteiger partial charge is 0.416 e. The lowest BCUT2D eigenvalue weighted by Gasteiger charge is -2.34. The van der Waals surface area contributed by atoms with Crippen LogP contribution in [0.5, 0.6) is 0 Å². The third-order valence-corrected chi connectivity index (χ3v) is 8.39. The van der Waals surface area contributed by atoms with Crippen LogP contribution in [-0.2, 0) is 17.5 Å². The highest BCUT2D eigenvalue weighted by Gasteiger charge is 2.36. The lowest BCUT2D eigenvalue weighted by molar-refractivity contribution is -0.138. The maximum atomic E-state index is 13.4. The highest BCUT2D eigenvalue weighted by molar-refractivity contribution is 8.18. The fraction of sp³-hybridized carbons (Fsp3) is 0.393. The van der Waals surface area contributed by atoms with E-state index in [1.54, 1.807) is 24.3 Å². The monoisotopic (exact) mass is 610 g/mol. The molecule has 2 aliphatic rings. The zero-order chi connectivity index (χ0) is 29.7. The molecule has 2 aromatic carbocycles. The number of aliphatic hydroxyl groups excluding tert-OH is 2. The number of rotatable bonds is 10. The minimum absolute atomic E-state index is 0.00250. The molecule has 2 saturated heterocycles. The fourth-order valence-electron chi connectivity index (χ4n) is 4.90. The number of amides is 2. The van der Waals surface area contributed by atoms with E-state index in [9.17, 15) is 27.9 Å². The van der Waals surface area contributed by atoms with Crippen LogP contribution in [0.1, 0.15) is 35.1 Å². The fourth-order valence-corrected chi connectivity index (χ4v) is 5.94. The third-order valence-electron chi connectivity index (χ3n) is 7.25. The van der Waals surface area contributed by atoms with Crippen LogP contribution in [0, 0.1) is 11.3 Å². The molecule has 2 aromatic rings. The molecule has 2 amide bonds. The molecule has 2 aliphatic heterocycles. The summed E-state index contributed by atoms with van der Waals surface area (Å²) in [5.74, 6) is -0.370. The summed E-state index contributed by atoms with van der Waals surface area (Å²) in [7, 11) is 0. The van der Waals surface area contributed by atoms with E-state index in [0.29, 0.717) is 36.4 Å². The Kier molecular flexibility index (Phi) is 10.1. The van der Waals surface area contributed by atoms with Crippen LogP contribution in [0.25, 0.3) is 6.08 Å². The van der Waals surface area contributed by atoms with Gasteiger partial charge >= 0.3 is 6.18 Å². The van der Waals surface area contributed by atoms with Crippen LogP contribution in [0.2, 0.25) is 5.02 Å². The maximum Gasteiger partial charge on any atom is 0.416 e. The summed E-state index contributed by atoms with van der Waals surface area (Å²) in [6.07, 6.45) is -1.23. The Labute approximate surface area is 244 Å². The summed E-state index contributed by atoms with van der Waals surface area (Å²) in [5.41, 5.74) is 0.555. The summed E-state index contributed by atoms with van der Waals surface area (Å²) < 4.78 is 40.3. The zero-order valence-corrected chi connectivity index (χ0v) is 23.5. The van der Waals surface area contributed by atoms with Crippen molar-refractivity contribution in [3.63, 3.8) is 0 Å². The van der Waals surface area contributed by atoms with Gasteiger partial charge in [0.05, 0.1) is 23.2 Å². The van der Waals surface area contributed by atoms with Crippen LogP contribution in [0.4, 0.5) is 23.7 Å². The van der Waals surface area contributed by atoms with Crippen molar-refractivity contribution in [3.05, 3.63) is 68.6 Å². The molecule has 0 radical (unpaired) electrons. The van der Waals surface area contributed by atoms with Gasteiger partial charge in [0.15, 0.2) is 0 Å². The molecule has 0 bridgehead atoms. The van der Waals surface area contributed by atoms with Crippen molar-refractivity contribution in [2.75, 3.05) is 38.1 Å². The second-order valence-electron chi connectivity index (χ2n) is 9.91. The van der Waals surface area contributed by atoms with E-state index in [1.165, 1.54) is 17.0 Å². The maximum absolute atomic E-state index is 13.4. The topological polar surface area (TPSA) is 117 Å². The third kappa shape index (κ3) is 7.69. The normalized spacial score (nSPS) is 18.8. The second-order valence-corrected chi connectivity index (χ2v) is 11.3. The SMILES string of the molecule is N=Cc1cc(/C=C2\SC(=O)N(CCN3CCC(C(O)CO)CC3)C2=O)ccc1NCc1ccc(Cl)cc1C(F)(F)F. The number of likely N-dealkylation sites (tertiary alicyclic amines) is 1. The predicted octanol–water partition coefficient (Wildman–Crippen LogP) is 5.07. The van der Waals surface area contributed by atoms with Crippen molar-refractivity contribution in [2.45, 2.75) is 31.7 Å². The number of hydrogen-bond acceptors (Lipinski definition) is 8. The molecule has 2 fully saturated rings. The van der Waals surface area contributed by atoms with Crippen LogP contribution < -0.4 is 5.32 Å². The van der Waals surface area contributed by atoms with Crippen molar-refractivity contribution in [2.24, 2.45) is 5.92 Å². The molecule has 2 heterocycles. The first-order chi connectivity index (χ1) is 19.5. The molecule has 1 atom stereocenters. The minimum Gasteiger partial charge on any atom is -0.394 e. The van der Waals surface area contributed by atoms with E-state index >= 15 is 0 Å². The Bertz CT molecular complexity index is 1330. The Morgan fingerprint density at radius 3 is 2.54 bits per heavy atom. The number of hydrogen-bond donors (Lipinski definition) is 4. The van der Waals surface area contributed by atoms with Gasteiger partial charge in [0.2, 0.25) is 0 Å². The van der Waals surface area contributed by atoms with Gasteiger partial charge < -0.3 is 25.8 Å². The van der Waals surface area contributed by atoms with Crippen molar-refractivity contribution in [1.82, 2.24) is 9.80 Å². The van der Waals surface area contributed by atoms with E-state index in [4.69, 9.17) is 22.1 Å². The first-order valence-electron chi connectivity index (χ1n) is 13.0. The van der Waals surface area contributed by atoms with Crippen LogP contribution >= 0.6 is 23.4 Å². The molecule has 4 N–H and O–H groups in total. The Morgan fingerprint density at radius 1 is 1.15 bits per heavy atom. The minimum atomic E-state index is -4.57. The Morgan fingerprint density at radius 2 is 1.88 bits per heavy atom. The van der Waals surface area contributed by atoms with Gasteiger partial charge in [0, 0.05) is 42.1 Å². The smallest absolute Gasteiger partial charge is 0.394 e. The number of alkyl halides is 3. The number of carbonyl (C=O) groups is 2. The number of anilines is 1. The number of imide groups is 1. The van der Waals surface area contributed by atoms with E-state index in [2.05, 4.69) is 10.2 Å². The number of nitrogens with zero attached hydrogens (tertiary/aromatic N) is 2. The quantitative estimate of drug-likeness (QED) is 0.219. The predicted molar refractivity (Wildman–Crippen MR) is 153 cm³/mol. The van der Waals surface area contributed by atoms with E-state index < -0.39 is 23.8 Å². The number of halogens is 4. The first kappa shape index (κ1) is 31.0. The molecule has 13 heteroatoms. The van der Waals surface area contributed by atoms with Crippen molar-refractivity contribution in [3.8, 4) is 0 Å². The van der Waals surface area contributed by atoms with Crippen LogP contribution in [-0.4, -0.2) is 76.3 Å². The van der Waals surface area contributed by atoms with Gasteiger partial charge in [-0.3, -0.25) is 14.5 Å². The number of benzene rings is 2. The van der Waals surface area contributed by atoms with Gasteiger partial charge in [-0.1, -0.05) is 23.7 Å². The second kappa shape index (κ2) is 13.4. The summed E-state index contributed by atoms with van der Waals surface area (Å²) >= 11 is 6.58. The van der Waals surface area contributed by atoms with Crippen molar-refractivity contribution < 1.29 is 33.0 Å². The molecule has 4 rings (SSSR count).